The van der Waals surface area contributed by atoms with Crippen molar-refractivity contribution in [2.45, 2.75) is 6.42 Å². The second kappa shape index (κ2) is 4.74. The van der Waals surface area contributed by atoms with Crippen LogP contribution >= 0.6 is 11.6 Å². The average Bonchev–Trinajstić information content (AvgIpc) is 3.01. The molecule has 7 heteroatoms. The maximum atomic E-state index is 6.08. The zero-order valence-corrected chi connectivity index (χ0v) is 10.6. The predicted octanol–water partition coefficient (Wildman–Crippen LogP) is 2.29. The fourth-order valence-electron chi connectivity index (χ4n) is 1.69. The van der Waals surface area contributed by atoms with Gasteiger partial charge in [-0.1, -0.05) is 35.0 Å². The van der Waals surface area contributed by atoms with Gasteiger partial charge >= 0.3 is 0 Å². The summed E-state index contributed by atoms with van der Waals surface area (Å²) in [6.07, 6.45) is 0.507. The third kappa shape index (κ3) is 2.43. The van der Waals surface area contributed by atoms with E-state index in [2.05, 4.69) is 20.3 Å². The monoisotopic (exact) mass is 275 g/mol. The van der Waals surface area contributed by atoms with Gasteiger partial charge in [-0.25, -0.2) is 0 Å². The molecule has 3 rings (SSSR count). The summed E-state index contributed by atoms with van der Waals surface area (Å²) in [5.41, 5.74) is 7.05. The standard InChI is InChI=1S/C12H10ClN5O/c13-8-4-2-1-3-7(8)5-11-15-12(19-18-11)9-6-10(14)17-16-9/h1-4,6H,5H2,(H3,14,16,17). The SMILES string of the molecule is Nc1cc(-c2nc(Cc3ccccc3Cl)no2)[nH]n1. The number of anilines is 1. The molecule has 0 aliphatic heterocycles. The Morgan fingerprint density at radius 3 is 2.89 bits per heavy atom. The fraction of sp³-hybridized carbons (Fsp3) is 0.0833. The first-order valence-electron chi connectivity index (χ1n) is 5.59. The Bertz CT molecular complexity index is 705. The van der Waals surface area contributed by atoms with Gasteiger partial charge in [-0.15, -0.1) is 0 Å². The molecule has 0 saturated heterocycles. The molecule has 0 spiro atoms. The van der Waals surface area contributed by atoms with Gasteiger partial charge in [0.2, 0.25) is 0 Å². The first-order chi connectivity index (χ1) is 9.22. The Hall–Kier alpha value is -2.34. The van der Waals surface area contributed by atoms with E-state index in [9.17, 15) is 0 Å². The number of nitrogen functional groups attached to an aromatic ring is 1. The minimum atomic E-state index is 0.353. The molecular formula is C12H10ClN5O. The minimum Gasteiger partial charge on any atom is -0.382 e. The minimum absolute atomic E-state index is 0.353. The molecule has 19 heavy (non-hydrogen) atoms. The van der Waals surface area contributed by atoms with Gasteiger partial charge in [0.05, 0.1) is 0 Å². The molecule has 3 N–H and O–H groups in total. The largest absolute Gasteiger partial charge is 0.382 e. The highest BCUT2D eigenvalue weighted by Gasteiger charge is 2.12. The van der Waals surface area contributed by atoms with E-state index in [4.69, 9.17) is 21.9 Å². The summed E-state index contributed by atoms with van der Waals surface area (Å²) in [5.74, 6) is 1.28. The Balaban J connectivity index is 1.84. The lowest BCUT2D eigenvalue weighted by Gasteiger charge is -1.98. The van der Waals surface area contributed by atoms with Crippen molar-refractivity contribution < 1.29 is 4.52 Å². The molecule has 0 unspecified atom stereocenters. The van der Waals surface area contributed by atoms with Crippen molar-refractivity contribution in [2.24, 2.45) is 0 Å². The molecule has 0 fully saturated rings. The quantitative estimate of drug-likeness (QED) is 0.765. The van der Waals surface area contributed by atoms with Crippen molar-refractivity contribution in [3.63, 3.8) is 0 Å². The Kier molecular flexibility index (Phi) is 2.92. The van der Waals surface area contributed by atoms with E-state index in [1.807, 2.05) is 24.3 Å². The second-order valence-corrected chi connectivity index (χ2v) is 4.40. The van der Waals surface area contributed by atoms with Crippen molar-refractivity contribution in [3.8, 4) is 11.6 Å². The second-order valence-electron chi connectivity index (χ2n) is 3.99. The van der Waals surface area contributed by atoms with Crippen LogP contribution in [0.25, 0.3) is 11.6 Å². The number of aromatic amines is 1. The number of nitrogens with one attached hydrogen (secondary N) is 1. The molecule has 0 bridgehead atoms. The van der Waals surface area contributed by atoms with Crippen LogP contribution in [-0.4, -0.2) is 20.3 Å². The van der Waals surface area contributed by atoms with Crippen molar-refractivity contribution in [2.75, 3.05) is 5.73 Å². The maximum Gasteiger partial charge on any atom is 0.276 e. The van der Waals surface area contributed by atoms with E-state index in [1.54, 1.807) is 6.07 Å². The number of rotatable bonds is 3. The van der Waals surface area contributed by atoms with Gasteiger partial charge in [-0.2, -0.15) is 10.1 Å². The van der Waals surface area contributed by atoms with Crippen LogP contribution < -0.4 is 5.73 Å². The van der Waals surface area contributed by atoms with Crippen LogP contribution in [0, 0.1) is 0 Å². The summed E-state index contributed by atoms with van der Waals surface area (Å²) in [4.78, 5) is 4.27. The van der Waals surface area contributed by atoms with Crippen LogP contribution in [0.5, 0.6) is 0 Å². The van der Waals surface area contributed by atoms with E-state index in [0.29, 0.717) is 34.7 Å². The first kappa shape index (κ1) is 11.7. The summed E-state index contributed by atoms with van der Waals surface area (Å²) in [6.45, 7) is 0. The first-order valence-corrected chi connectivity index (χ1v) is 5.97. The Morgan fingerprint density at radius 2 is 2.16 bits per heavy atom. The van der Waals surface area contributed by atoms with E-state index >= 15 is 0 Å². The molecule has 2 aromatic heterocycles. The van der Waals surface area contributed by atoms with E-state index < -0.39 is 0 Å². The van der Waals surface area contributed by atoms with Crippen LogP contribution in [0.15, 0.2) is 34.9 Å². The van der Waals surface area contributed by atoms with Crippen LogP contribution in [0.3, 0.4) is 0 Å². The number of aromatic nitrogens is 4. The van der Waals surface area contributed by atoms with Crippen LogP contribution in [-0.2, 0) is 6.42 Å². The molecule has 96 valence electrons. The van der Waals surface area contributed by atoms with E-state index in [0.717, 1.165) is 5.56 Å². The number of halogens is 1. The van der Waals surface area contributed by atoms with Gasteiger partial charge in [0.15, 0.2) is 5.82 Å². The smallest absolute Gasteiger partial charge is 0.276 e. The lowest BCUT2D eigenvalue weighted by atomic mass is 10.1. The van der Waals surface area contributed by atoms with Gasteiger partial charge in [0.25, 0.3) is 5.89 Å². The number of nitrogens with two attached hydrogens (primary N) is 1. The molecule has 0 radical (unpaired) electrons. The highest BCUT2D eigenvalue weighted by atomic mass is 35.5. The Morgan fingerprint density at radius 1 is 1.32 bits per heavy atom. The summed E-state index contributed by atoms with van der Waals surface area (Å²) in [7, 11) is 0. The van der Waals surface area contributed by atoms with Crippen molar-refractivity contribution >= 4 is 17.4 Å². The lowest BCUT2D eigenvalue weighted by Crippen LogP contribution is -1.91. The number of nitrogens with zero attached hydrogens (tertiary/aromatic N) is 3. The van der Waals surface area contributed by atoms with Gasteiger partial charge < -0.3 is 10.3 Å². The number of H-pyrrole nitrogens is 1. The number of hydrogen-bond acceptors (Lipinski definition) is 5. The van der Waals surface area contributed by atoms with Crippen molar-refractivity contribution in [3.05, 3.63) is 46.7 Å². The third-order valence-electron chi connectivity index (χ3n) is 2.60. The van der Waals surface area contributed by atoms with Crippen LogP contribution in [0.4, 0.5) is 5.82 Å². The van der Waals surface area contributed by atoms with Gasteiger partial charge in [0.1, 0.15) is 11.5 Å². The lowest BCUT2D eigenvalue weighted by molar-refractivity contribution is 0.422. The summed E-state index contributed by atoms with van der Waals surface area (Å²) in [5, 5.41) is 11.1. The molecule has 0 aliphatic carbocycles. The van der Waals surface area contributed by atoms with E-state index in [1.165, 1.54) is 0 Å². The molecular weight excluding hydrogens is 266 g/mol. The molecule has 3 aromatic rings. The average molecular weight is 276 g/mol. The third-order valence-corrected chi connectivity index (χ3v) is 2.97. The topological polar surface area (TPSA) is 93.6 Å². The summed E-state index contributed by atoms with van der Waals surface area (Å²) in [6, 6.07) is 9.17. The zero-order chi connectivity index (χ0) is 13.2. The molecule has 0 saturated carbocycles. The summed E-state index contributed by atoms with van der Waals surface area (Å²) < 4.78 is 5.15. The van der Waals surface area contributed by atoms with Crippen molar-refractivity contribution in [1.29, 1.82) is 0 Å². The normalized spacial score (nSPS) is 10.8. The van der Waals surface area contributed by atoms with Crippen molar-refractivity contribution in [1.82, 2.24) is 20.3 Å². The predicted molar refractivity (Wildman–Crippen MR) is 70.6 cm³/mol. The molecule has 1 aromatic carbocycles. The molecule has 0 amide bonds. The fourth-order valence-corrected chi connectivity index (χ4v) is 1.90. The highest BCUT2D eigenvalue weighted by molar-refractivity contribution is 6.31. The molecule has 0 aliphatic rings. The molecule has 2 heterocycles. The van der Waals surface area contributed by atoms with E-state index in [-0.39, 0.29) is 0 Å². The molecule has 6 nitrogen and oxygen atoms in total. The summed E-state index contributed by atoms with van der Waals surface area (Å²) >= 11 is 6.08. The van der Waals surface area contributed by atoms with Crippen LogP contribution in [0.2, 0.25) is 5.02 Å². The van der Waals surface area contributed by atoms with Gasteiger partial charge in [-0.3, -0.25) is 5.10 Å². The Labute approximate surface area is 113 Å². The van der Waals surface area contributed by atoms with Gasteiger partial charge in [-0.05, 0) is 11.6 Å². The number of benzene rings is 1. The zero-order valence-electron chi connectivity index (χ0n) is 9.80. The molecule has 0 atom stereocenters. The highest BCUT2D eigenvalue weighted by Crippen LogP contribution is 2.20. The maximum absolute atomic E-state index is 6.08. The van der Waals surface area contributed by atoms with Crippen LogP contribution in [0.1, 0.15) is 11.4 Å². The number of hydrogen-bond donors (Lipinski definition) is 2. The van der Waals surface area contributed by atoms with Gasteiger partial charge in [0, 0.05) is 17.5 Å².